The fourth-order valence-corrected chi connectivity index (χ4v) is 2.83. The van der Waals surface area contributed by atoms with Gasteiger partial charge in [-0.05, 0) is 11.6 Å². The molecule has 2 atom stereocenters. The SMILES string of the molecule is C[C@H](c1c[nH]c2ccccc12)[C@@H]1OC(N(C)C(=O)CCl)=NC1=O. The Morgan fingerprint density at radius 3 is 2.96 bits per heavy atom. The van der Waals surface area contributed by atoms with Crippen molar-refractivity contribution in [2.24, 2.45) is 4.99 Å². The number of halogens is 1. The van der Waals surface area contributed by atoms with E-state index in [9.17, 15) is 9.59 Å². The van der Waals surface area contributed by atoms with E-state index in [4.69, 9.17) is 16.3 Å². The molecule has 1 aliphatic heterocycles. The second-order valence-electron chi connectivity index (χ2n) is 5.44. The van der Waals surface area contributed by atoms with Crippen molar-refractivity contribution in [1.82, 2.24) is 9.88 Å². The number of aliphatic imine (C=N–C) groups is 1. The number of amidine groups is 1. The van der Waals surface area contributed by atoms with Crippen molar-refractivity contribution in [3.05, 3.63) is 36.0 Å². The van der Waals surface area contributed by atoms with Crippen LogP contribution in [0.5, 0.6) is 0 Å². The van der Waals surface area contributed by atoms with E-state index in [1.165, 1.54) is 7.05 Å². The lowest BCUT2D eigenvalue weighted by Crippen LogP contribution is -2.36. The average Bonchev–Trinajstić information content (AvgIpc) is 3.16. The lowest BCUT2D eigenvalue weighted by atomic mass is 9.94. The molecule has 0 aliphatic carbocycles. The minimum atomic E-state index is -0.755. The summed E-state index contributed by atoms with van der Waals surface area (Å²) in [7, 11) is 1.48. The average molecular weight is 334 g/mol. The van der Waals surface area contributed by atoms with Gasteiger partial charge in [-0.1, -0.05) is 25.1 Å². The van der Waals surface area contributed by atoms with Crippen molar-refractivity contribution in [2.75, 3.05) is 12.9 Å². The predicted octanol–water partition coefficient (Wildman–Crippen LogP) is 2.25. The molecule has 0 radical (unpaired) electrons. The fourth-order valence-electron chi connectivity index (χ4n) is 2.65. The molecule has 1 aliphatic rings. The molecule has 0 saturated carbocycles. The first-order chi connectivity index (χ1) is 11.0. The summed E-state index contributed by atoms with van der Waals surface area (Å²) in [6, 6.07) is 7.84. The molecule has 3 rings (SSSR count). The van der Waals surface area contributed by atoms with E-state index < -0.39 is 12.0 Å². The van der Waals surface area contributed by atoms with Crippen LogP contribution in [0.4, 0.5) is 0 Å². The van der Waals surface area contributed by atoms with Gasteiger partial charge in [0.05, 0.1) is 0 Å². The van der Waals surface area contributed by atoms with Crippen LogP contribution in [0.25, 0.3) is 10.9 Å². The van der Waals surface area contributed by atoms with Crippen LogP contribution in [0.15, 0.2) is 35.5 Å². The molecule has 120 valence electrons. The Morgan fingerprint density at radius 1 is 1.48 bits per heavy atom. The summed E-state index contributed by atoms with van der Waals surface area (Å²) >= 11 is 5.52. The number of aromatic amines is 1. The minimum absolute atomic E-state index is 0.00246. The summed E-state index contributed by atoms with van der Waals surface area (Å²) < 4.78 is 5.63. The highest BCUT2D eigenvalue weighted by Crippen LogP contribution is 2.31. The Labute approximate surface area is 138 Å². The first-order valence-corrected chi connectivity index (χ1v) is 7.74. The number of hydrogen-bond acceptors (Lipinski definition) is 3. The van der Waals surface area contributed by atoms with E-state index in [1.807, 2.05) is 37.4 Å². The molecule has 0 fully saturated rings. The zero-order valence-electron chi connectivity index (χ0n) is 12.7. The third kappa shape index (κ3) is 2.70. The summed E-state index contributed by atoms with van der Waals surface area (Å²) in [6.07, 6.45) is 1.12. The Bertz CT molecular complexity index is 799. The highest BCUT2D eigenvalue weighted by molar-refractivity contribution is 6.28. The third-order valence-electron chi connectivity index (χ3n) is 4.02. The van der Waals surface area contributed by atoms with Crippen LogP contribution in [0.1, 0.15) is 18.4 Å². The molecular formula is C16H16ClN3O3. The summed E-state index contributed by atoms with van der Waals surface area (Å²) in [5.41, 5.74) is 1.97. The number of rotatable bonds is 3. The molecule has 7 heteroatoms. The highest BCUT2D eigenvalue weighted by atomic mass is 35.5. The van der Waals surface area contributed by atoms with Crippen LogP contribution in [-0.4, -0.2) is 46.8 Å². The van der Waals surface area contributed by atoms with Gasteiger partial charge in [-0.2, -0.15) is 4.99 Å². The van der Waals surface area contributed by atoms with E-state index in [2.05, 4.69) is 9.98 Å². The lowest BCUT2D eigenvalue weighted by molar-refractivity contribution is -0.126. The van der Waals surface area contributed by atoms with Gasteiger partial charge >= 0.3 is 6.02 Å². The third-order valence-corrected chi connectivity index (χ3v) is 4.25. The number of amides is 2. The molecule has 0 spiro atoms. The number of H-pyrrole nitrogens is 1. The molecule has 0 saturated heterocycles. The number of aromatic nitrogens is 1. The molecule has 1 N–H and O–H groups in total. The molecule has 2 heterocycles. The summed E-state index contributed by atoms with van der Waals surface area (Å²) in [5.74, 6) is -1.18. The zero-order chi connectivity index (χ0) is 16.6. The molecule has 1 aromatic carbocycles. The minimum Gasteiger partial charge on any atom is -0.450 e. The van der Waals surface area contributed by atoms with Gasteiger partial charge in [-0.3, -0.25) is 14.5 Å². The summed E-state index contributed by atoms with van der Waals surface area (Å²) in [4.78, 5) is 32.0. The van der Waals surface area contributed by atoms with Gasteiger partial charge in [0.2, 0.25) is 5.91 Å². The Kier molecular flexibility index (Phi) is 4.09. The largest absolute Gasteiger partial charge is 0.450 e. The first kappa shape index (κ1) is 15.6. The molecule has 2 aromatic rings. The molecular weight excluding hydrogens is 318 g/mol. The van der Waals surface area contributed by atoms with Crippen LogP contribution in [-0.2, 0) is 14.3 Å². The second-order valence-corrected chi connectivity index (χ2v) is 5.70. The number of nitrogens with one attached hydrogen (secondary N) is 1. The van der Waals surface area contributed by atoms with Gasteiger partial charge in [-0.15, -0.1) is 11.6 Å². The summed E-state index contributed by atoms with van der Waals surface area (Å²) in [6.45, 7) is 1.90. The van der Waals surface area contributed by atoms with Crippen LogP contribution in [0.2, 0.25) is 0 Å². The maximum atomic E-state index is 12.2. The second kappa shape index (κ2) is 6.04. The molecule has 0 unspecified atom stereocenters. The van der Waals surface area contributed by atoms with Crippen LogP contribution >= 0.6 is 11.6 Å². The normalized spacial score (nSPS) is 18.7. The van der Waals surface area contributed by atoms with Gasteiger partial charge < -0.3 is 9.72 Å². The van der Waals surface area contributed by atoms with E-state index in [0.717, 1.165) is 21.4 Å². The Balaban J connectivity index is 1.83. The molecule has 6 nitrogen and oxygen atoms in total. The predicted molar refractivity (Wildman–Crippen MR) is 87.5 cm³/mol. The molecule has 1 aromatic heterocycles. The standard InChI is InChI=1S/C16H16ClN3O3/c1-9(11-8-18-12-6-4-3-5-10(11)12)14-15(22)19-16(23-14)20(2)13(21)7-17/h3-6,8-9,14,18H,7H2,1-2H3/t9-,14+/m1/s1. The number of carbonyl (C=O) groups excluding carboxylic acids is 2. The van der Waals surface area contributed by atoms with Crippen molar-refractivity contribution in [1.29, 1.82) is 0 Å². The zero-order valence-corrected chi connectivity index (χ0v) is 13.5. The molecule has 23 heavy (non-hydrogen) atoms. The first-order valence-electron chi connectivity index (χ1n) is 7.20. The number of fused-ring (bicyclic) bond motifs is 1. The Hall–Kier alpha value is -2.34. The maximum absolute atomic E-state index is 12.2. The fraction of sp³-hybridized carbons (Fsp3) is 0.312. The topological polar surface area (TPSA) is 74.8 Å². The molecule has 2 amide bonds. The van der Waals surface area contributed by atoms with Crippen molar-refractivity contribution >= 4 is 40.3 Å². The lowest BCUT2D eigenvalue weighted by Gasteiger charge is -2.20. The number of hydrogen-bond donors (Lipinski definition) is 1. The van der Waals surface area contributed by atoms with Crippen molar-refractivity contribution in [2.45, 2.75) is 18.9 Å². The van der Waals surface area contributed by atoms with Crippen LogP contribution in [0, 0.1) is 0 Å². The maximum Gasteiger partial charge on any atom is 0.302 e. The van der Waals surface area contributed by atoms with Crippen LogP contribution < -0.4 is 0 Å². The van der Waals surface area contributed by atoms with Gasteiger partial charge in [-0.25, -0.2) is 0 Å². The van der Waals surface area contributed by atoms with Gasteiger partial charge in [0.25, 0.3) is 5.91 Å². The Morgan fingerprint density at radius 2 is 2.22 bits per heavy atom. The number of alkyl halides is 1. The number of nitrogens with zero attached hydrogens (tertiary/aromatic N) is 2. The number of benzene rings is 1. The van der Waals surface area contributed by atoms with E-state index in [0.29, 0.717) is 0 Å². The number of carbonyl (C=O) groups is 2. The van der Waals surface area contributed by atoms with E-state index >= 15 is 0 Å². The van der Waals surface area contributed by atoms with E-state index in [-0.39, 0.29) is 23.7 Å². The number of para-hydroxylation sites is 1. The van der Waals surface area contributed by atoms with Gasteiger partial charge in [0.15, 0.2) is 6.10 Å². The van der Waals surface area contributed by atoms with Crippen molar-refractivity contribution in [3.8, 4) is 0 Å². The quantitative estimate of drug-likeness (QED) is 0.875. The summed E-state index contributed by atoms with van der Waals surface area (Å²) in [5, 5.41) is 1.04. The van der Waals surface area contributed by atoms with Crippen LogP contribution in [0.3, 0.4) is 0 Å². The smallest absolute Gasteiger partial charge is 0.302 e. The van der Waals surface area contributed by atoms with Gasteiger partial charge in [0.1, 0.15) is 5.88 Å². The van der Waals surface area contributed by atoms with Gasteiger partial charge in [0, 0.05) is 30.1 Å². The van der Waals surface area contributed by atoms with Crippen molar-refractivity contribution in [3.63, 3.8) is 0 Å². The molecule has 0 bridgehead atoms. The highest BCUT2D eigenvalue weighted by Gasteiger charge is 2.37. The van der Waals surface area contributed by atoms with E-state index in [1.54, 1.807) is 0 Å². The monoisotopic (exact) mass is 333 g/mol. The number of ether oxygens (including phenoxy) is 1. The van der Waals surface area contributed by atoms with Crippen molar-refractivity contribution < 1.29 is 14.3 Å².